The van der Waals surface area contributed by atoms with Crippen molar-refractivity contribution >= 4 is 0 Å². The molecule has 0 bridgehead atoms. The van der Waals surface area contributed by atoms with E-state index in [-0.39, 0.29) is 6.10 Å². The minimum atomic E-state index is -0.187. The Balaban J connectivity index is 2.34. The molecule has 3 heteroatoms. The number of nitrogens with zero attached hydrogens (tertiary/aromatic N) is 2. The molecule has 0 amide bonds. The van der Waals surface area contributed by atoms with Crippen molar-refractivity contribution in [2.24, 2.45) is 0 Å². The third-order valence-electron chi connectivity index (χ3n) is 2.05. The van der Waals surface area contributed by atoms with Gasteiger partial charge in [-0.25, -0.2) is 9.97 Å². The summed E-state index contributed by atoms with van der Waals surface area (Å²) < 4.78 is 0. The van der Waals surface area contributed by atoms with Crippen LogP contribution in [0.5, 0.6) is 0 Å². The SMILES string of the molecule is O[C@@H]1CCc2ncncc2C1. The van der Waals surface area contributed by atoms with E-state index in [1.54, 1.807) is 12.5 Å². The van der Waals surface area contributed by atoms with Crippen molar-refractivity contribution in [3.05, 3.63) is 23.8 Å². The molecule has 0 spiro atoms. The quantitative estimate of drug-likeness (QED) is 0.579. The van der Waals surface area contributed by atoms with Gasteiger partial charge in [-0.15, -0.1) is 0 Å². The summed E-state index contributed by atoms with van der Waals surface area (Å²) in [6.45, 7) is 0. The van der Waals surface area contributed by atoms with Gasteiger partial charge in [-0.05, 0) is 18.4 Å². The number of aliphatic hydroxyl groups excluding tert-OH is 1. The second-order valence-electron chi connectivity index (χ2n) is 2.89. The smallest absolute Gasteiger partial charge is 0.115 e. The van der Waals surface area contributed by atoms with E-state index in [1.165, 1.54) is 0 Å². The summed E-state index contributed by atoms with van der Waals surface area (Å²) in [5, 5.41) is 9.30. The van der Waals surface area contributed by atoms with Gasteiger partial charge in [-0.1, -0.05) is 0 Å². The first-order chi connectivity index (χ1) is 5.36. The van der Waals surface area contributed by atoms with Crippen molar-refractivity contribution in [3.8, 4) is 0 Å². The maximum Gasteiger partial charge on any atom is 0.115 e. The molecule has 1 N–H and O–H groups in total. The van der Waals surface area contributed by atoms with Gasteiger partial charge in [0.1, 0.15) is 6.33 Å². The van der Waals surface area contributed by atoms with Gasteiger partial charge in [0.2, 0.25) is 0 Å². The monoisotopic (exact) mass is 150 g/mol. The van der Waals surface area contributed by atoms with Crippen LogP contribution in [-0.2, 0) is 12.8 Å². The minimum Gasteiger partial charge on any atom is -0.393 e. The standard InChI is InChI=1S/C8H10N2O/c11-7-1-2-8-6(3-7)4-9-5-10-8/h4-5,7,11H,1-3H2/t7-/m1/s1. The molecule has 0 saturated heterocycles. The van der Waals surface area contributed by atoms with Gasteiger partial charge in [0.25, 0.3) is 0 Å². The van der Waals surface area contributed by atoms with Crippen LogP contribution in [0.25, 0.3) is 0 Å². The van der Waals surface area contributed by atoms with Gasteiger partial charge in [-0.2, -0.15) is 0 Å². The van der Waals surface area contributed by atoms with E-state index in [0.29, 0.717) is 0 Å². The zero-order chi connectivity index (χ0) is 7.68. The number of hydrogen-bond donors (Lipinski definition) is 1. The lowest BCUT2D eigenvalue weighted by molar-refractivity contribution is 0.157. The summed E-state index contributed by atoms with van der Waals surface area (Å²) in [4.78, 5) is 8.04. The van der Waals surface area contributed by atoms with Gasteiger partial charge in [0.05, 0.1) is 6.10 Å². The van der Waals surface area contributed by atoms with E-state index in [0.717, 1.165) is 30.5 Å². The van der Waals surface area contributed by atoms with Gasteiger partial charge in [-0.3, -0.25) is 0 Å². The molecule has 3 nitrogen and oxygen atoms in total. The summed E-state index contributed by atoms with van der Waals surface area (Å²) in [5.74, 6) is 0. The summed E-state index contributed by atoms with van der Waals surface area (Å²) in [6.07, 6.45) is 5.62. The molecule has 1 aliphatic carbocycles. The Labute approximate surface area is 65.1 Å². The van der Waals surface area contributed by atoms with Crippen LogP contribution in [0.3, 0.4) is 0 Å². The zero-order valence-corrected chi connectivity index (χ0v) is 6.20. The Morgan fingerprint density at radius 1 is 1.55 bits per heavy atom. The maximum absolute atomic E-state index is 9.30. The van der Waals surface area contributed by atoms with Crippen LogP contribution >= 0.6 is 0 Å². The van der Waals surface area contributed by atoms with E-state index >= 15 is 0 Å². The van der Waals surface area contributed by atoms with Crippen LogP contribution in [0.1, 0.15) is 17.7 Å². The van der Waals surface area contributed by atoms with Gasteiger partial charge >= 0.3 is 0 Å². The van der Waals surface area contributed by atoms with E-state index in [2.05, 4.69) is 9.97 Å². The van der Waals surface area contributed by atoms with E-state index in [9.17, 15) is 5.11 Å². The van der Waals surface area contributed by atoms with Crippen LogP contribution in [0.4, 0.5) is 0 Å². The van der Waals surface area contributed by atoms with E-state index < -0.39 is 0 Å². The molecule has 1 heterocycles. The molecule has 0 aromatic carbocycles. The van der Waals surface area contributed by atoms with Crippen molar-refractivity contribution in [1.82, 2.24) is 9.97 Å². The predicted molar refractivity (Wildman–Crippen MR) is 40.1 cm³/mol. The first kappa shape index (κ1) is 6.73. The van der Waals surface area contributed by atoms with Gasteiger partial charge in [0.15, 0.2) is 0 Å². The number of hydrogen-bond acceptors (Lipinski definition) is 3. The average molecular weight is 150 g/mol. The first-order valence-corrected chi connectivity index (χ1v) is 3.82. The second-order valence-corrected chi connectivity index (χ2v) is 2.89. The first-order valence-electron chi connectivity index (χ1n) is 3.82. The molecule has 58 valence electrons. The second kappa shape index (κ2) is 2.58. The normalized spacial score (nSPS) is 22.8. The zero-order valence-electron chi connectivity index (χ0n) is 6.20. The Bertz CT molecular complexity index is 262. The molecule has 0 fully saturated rings. The van der Waals surface area contributed by atoms with Gasteiger partial charge < -0.3 is 5.11 Å². The fourth-order valence-electron chi connectivity index (χ4n) is 1.44. The lowest BCUT2D eigenvalue weighted by Crippen LogP contribution is -2.19. The topological polar surface area (TPSA) is 46.0 Å². The maximum atomic E-state index is 9.30. The average Bonchev–Trinajstić information content (AvgIpc) is 2.04. The van der Waals surface area contributed by atoms with E-state index in [4.69, 9.17) is 0 Å². The number of aryl methyl sites for hydroxylation is 1. The fraction of sp³-hybridized carbons (Fsp3) is 0.500. The molecule has 0 aliphatic heterocycles. The predicted octanol–water partition coefficient (Wildman–Crippen LogP) is 0.326. The van der Waals surface area contributed by atoms with E-state index in [1.807, 2.05) is 0 Å². The fourth-order valence-corrected chi connectivity index (χ4v) is 1.44. The molecule has 1 atom stereocenters. The third kappa shape index (κ3) is 1.24. The Morgan fingerprint density at radius 2 is 2.45 bits per heavy atom. The summed E-state index contributed by atoms with van der Waals surface area (Å²) >= 11 is 0. The number of fused-ring (bicyclic) bond motifs is 1. The van der Waals surface area contributed by atoms with Crippen molar-refractivity contribution in [2.75, 3.05) is 0 Å². The van der Waals surface area contributed by atoms with Crippen LogP contribution in [0, 0.1) is 0 Å². The van der Waals surface area contributed by atoms with Crippen LogP contribution in [-0.4, -0.2) is 21.2 Å². The lowest BCUT2D eigenvalue weighted by Gasteiger charge is -2.18. The molecular weight excluding hydrogens is 140 g/mol. The summed E-state index contributed by atoms with van der Waals surface area (Å²) in [5.41, 5.74) is 2.21. The Kier molecular flexibility index (Phi) is 1.58. The molecule has 11 heavy (non-hydrogen) atoms. The Morgan fingerprint density at radius 3 is 3.36 bits per heavy atom. The van der Waals surface area contributed by atoms with Gasteiger partial charge in [0, 0.05) is 18.3 Å². The van der Waals surface area contributed by atoms with Crippen molar-refractivity contribution < 1.29 is 5.11 Å². The highest BCUT2D eigenvalue weighted by atomic mass is 16.3. The minimum absolute atomic E-state index is 0.187. The van der Waals surface area contributed by atoms with Crippen molar-refractivity contribution in [3.63, 3.8) is 0 Å². The number of aromatic nitrogens is 2. The largest absolute Gasteiger partial charge is 0.393 e. The molecule has 1 aromatic rings. The highest BCUT2D eigenvalue weighted by Gasteiger charge is 2.16. The summed E-state index contributed by atoms with van der Waals surface area (Å²) in [7, 11) is 0. The Hall–Kier alpha value is -0.960. The van der Waals surface area contributed by atoms with Crippen LogP contribution < -0.4 is 0 Å². The number of rotatable bonds is 0. The molecule has 1 aromatic heterocycles. The lowest BCUT2D eigenvalue weighted by atomic mass is 9.95. The summed E-state index contributed by atoms with van der Waals surface area (Å²) in [6, 6.07) is 0. The third-order valence-corrected chi connectivity index (χ3v) is 2.05. The van der Waals surface area contributed by atoms with Crippen molar-refractivity contribution in [1.29, 1.82) is 0 Å². The molecular formula is C8H10N2O. The molecule has 0 saturated carbocycles. The molecule has 0 unspecified atom stereocenters. The molecule has 0 radical (unpaired) electrons. The highest BCUT2D eigenvalue weighted by molar-refractivity contribution is 5.19. The van der Waals surface area contributed by atoms with Crippen LogP contribution in [0.15, 0.2) is 12.5 Å². The molecule has 1 aliphatic rings. The number of aliphatic hydroxyl groups is 1. The highest BCUT2D eigenvalue weighted by Crippen LogP contribution is 2.17. The van der Waals surface area contributed by atoms with Crippen LogP contribution in [0.2, 0.25) is 0 Å². The molecule has 2 rings (SSSR count). The van der Waals surface area contributed by atoms with Crippen molar-refractivity contribution in [2.45, 2.75) is 25.4 Å².